The summed E-state index contributed by atoms with van der Waals surface area (Å²) in [6.45, 7) is 0. The van der Waals surface area contributed by atoms with Gasteiger partial charge in [-0.05, 0) is 33.8 Å². The van der Waals surface area contributed by atoms with E-state index in [1.807, 2.05) is 18.2 Å². The minimum atomic E-state index is -0.758. The average Bonchev–Trinajstić information content (AvgIpc) is 3.09. The standard InChI is InChI=1S/C36H58O6Si4/c1-37-28-16-13-19-31(34(28)40-4)43-22-7-10-25-46(26-11-8-23-44-32-20-14-17-29(38-2)35(32)41-5)27-12-9-24-45-33-21-15-18-30(39-3)36(33)42-6/h13-21,46H,7-12,22-27,43-45H2,1-6H3. The lowest BCUT2D eigenvalue weighted by Crippen LogP contribution is -2.18. The molecule has 0 bridgehead atoms. The molecule has 0 unspecified atom stereocenters. The summed E-state index contributed by atoms with van der Waals surface area (Å²) >= 11 is 0. The Morgan fingerprint density at radius 2 is 0.717 bits per heavy atom. The molecule has 0 heterocycles. The van der Waals surface area contributed by atoms with Crippen LogP contribution in [0.15, 0.2) is 54.6 Å². The van der Waals surface area contributed by atoms with Crippen molar-refractivity contribution in [1.82, 2.24) is 0 Å². The third kappa shape index (κ3) is 11.8. The quantitative estimate of drug-likeness (QED) is 0.103. The van der Waals surface area contributed by atoms with Gasteiger partial charge < -0.3 is 28.4 Å². The molecular weight excluding hydrogens is 641 g/mol. The van der Waals surface area contributed by atoms with Crippen molar-refractivity contribution < 1.29 is 28.4 Å². The van der Waals surface area contributed by atoms with Crippen molar-refractivity contribution in [2.45, 2.75) is 74.8 Å². The highest BCUT2D eigenvalue weighted by Gasteiger charge is 2.14. The number of ether oxygens (including phenoxy) is 6. The predicted octanol–water partition coefficient (Wildman–Crippen LogP) is 4.34. The Hall–Kier alpha value is -2.67. The molecule has 0 spiro atoms. The Kier molecular flexibility index (Phi) is 18.1. The molecular formula is C36H58O6Si4. The van der Waals surface area contributed by atoms with Crippen molar-refractivity contribution >= 4 is 52.9 Å². The molecule has 0 aliphatic rings. The van der Waals surface area contributed by atoms with E-state index in [0.29, 0.717) is 0 Å². The molecule has 46 heavy (non-hydrogen) atoms. The first-order valence-corrected chi connectivity index (χ1v) is 24.8. The van der Waals surface area contributed by atoms with Crippen LogP contribution in [0.5, 0.6) is 34.5 Å². The summed E-state index contributed by atoms with van der Waals surface area (Å²) in [7, 11) is 8.61. The van der Waals surface area contributed by atoms with Gasteiger partial charge in [-0.2, -0.15) is 0 Å². The third-order valence-electron chi connectivity index (χ3n) is 9.13. The topological polar surface area (TPSA) is 55.4 Å². The van der Waals surface area contributed by atoms with Gasteiger partial charge in [0.25, 0.3) is 0 Å². The van der Waals surface area contributed by atoms with Crippen LogP contribution in [0.3, 0.4) is 0 Å². The summed E-state index contributed by atoms with van der Waals surface area (Å²) in [5, 5.41) is 4.18. The lowest BCUT2D eigenvalue weighted by atomic mass is 10.3. The molecule has 0 aliphatic carbocycles. The van der Waals surface area contributed by atoms with Crippen LogP contribution in [-0.4, -0.2) is 80.0 Å². The molecule has 0 N–H and O–H groups in total. The van der Waals surface area contributed by atoms with Crippen LogP contribution in [0.25, 0.3) is 0 Å². The smallest absolute Gasteiger partial charge is 0.160 e. The van der Waals surface area contributed by atoms with E-state index < -0.39 is 8.80 Å². The maximum atomic E-state index is 5.69. The Morgan fingerprint density at radius 3 is 0.978 bits per heavy atom. The van der Waals surface area contributed by atoms with Crippen LogP contribution < -0.4 is 44.0 Å². The number of methoxy groups -OCH3 is 6. The number of hydrogen-bond acceptors (Lipinski definition) is 6. The van der Waals surface area contributed by atoms with Crippen molar-refractivity contribution in [2.75, 3.05) is 42.7 Å². The molecule has 0 saturated heterocycles. The van der Waals surface area contributed by atoms with Crippen molar-refractivity contribution in [3.8, 4) is 34.5 Å². The minimum absolute atomic E-state index is 0.363. The minimum Gasteiger partial charge on any atom is -0.493 e. The maximum absolute atomic E-state index is 5.69. The molecule has 0 radical (unpaired) electrons. The summed E-state index contributed by atoms with van der Waals surface area (Å²) in [5.74, 6) is 5.44. The van der Waals surface area contributed by atoms with Crippen LogP contribution >= 0.6 is 0 Å². The SMILES string of the molecule is COc1cccc([SiH2]CCCC[SiH](CCCC[SiH2]c2cccc(OC)c2OC)CCCC[SiH2]c2cccc(OC)c2OC)c1OC. The van der Waals surface area contributed by atoms with Crippen molar-refractivity contribution in [2.24, 2.45) is 0 Å². The van der Waals surface area contributed by atoms with Crippen LogP contribution in [0, 0.1) is 0 Å². The van der Waals surface area contributed by atoms with Gasteiger partial charge in [0.2, 0.25) is 0 Å². The number of para-hydroxylation sites is 3. The molecule has 3 aromatic rings. The van der Waals surface area contributed by atoms with E-state index in [4.69, 9.17) is 28.4 Å². The molecule has 0 fully saturated rings. The van der Waals surface area contributed by atoms with Gasteiger partial charge in [-0.25, -0.2) is 0 Å². The molecule has 6 nitrogen and oxygen atoms in total. The first-order chi connectivity index (χ1) is 22.6. The second-order valence-electron chi connectivity index (χ2n) is 12.1. The van der Waals surface area contributed by atoms with Gasteiger partial charge in [-0.15, -0.1) is 0 Å². The van der Waals surface area contributed by atoms with Gasteiger partial charge in [-0.3, -0.25) is 0 Å². The summed E-state index contributed by atoms with van der Waals surface area (Å²) in [5.41, 5.74) is 0. The zero-order valence-electron chi connectivity index (χ0n) is 29.3. The van der Waals surface area contributed by atoms with Gasteiger partial charge in [0.1, 0.15) is 0 Å². The molecule has 0 saturated carbocycles. The normalized spacial score (nSPS) is 12.4. The molecule has 10 heteroatoms. The fourth-order valence-corrected chi connectivity index (χ4v) is 15.6. The van der Waals surface area contributed by atoms with E-state index in [2.05, 4.69) is 36.4 Å². The highest BCUT2D eigenvalue weighted by Crippen LogP contribution is 2.26. The van der Waals surface area contributed by atoms with E-state index in [1.54, 1.807) is 42.7 Å². The molecule has 0 aliphatic heterocycles. The number of rotatable bonds is 24. The summed E-state index contributed by atoms with van der Waals surface area (Å²) in [6, 6.07) is 27.5. The number of benzene rings is 3. The van der Waals surface area contributed by atoms with Crippen molar-refractivity contribution in [3.05, 3.63) is 54.6 Å². The van der Waals surface area contributed by atoms with Crippen molar-refractivity contribution in [1.29, 1.82) is 0 Å². The lowest BCUT2D eigenvalue weighted by molar-refractivity contribution is 0.357. The van der Waals surface area contributed by atoms with Gasteiger partial charge in [0, 0.05) is 8.80 Å². The summed E-state index contributed by atoms with van der Waals surface area (Å²) in [4.78, 5) is 0. The Bertz CT molecular complexity index is 1140. The lowest BCUT2D eigenvalue weighted by Gasteiger charge is -2.16. The zero-order chi connectivity index (χ0) is 33.0. The largest absolute Gasteiger partial charge is 0.493 e. The fraction of sp³-hybridized carbons (Fsp3) is 0.500. The van der Waals surface area contributed by atoms with Crippen LogP contribution in [0.1, 0.15) is 38.5 Å². The first kappa shape index (κ1) is 37.8. The van der Waals surface area contributed by atoms with E-state index >= 15 is 0 Å². The summed E-state index contributed by atoms with van der Waals surface area (Å²) in [6.07, 6.45) is 8.22. The van der Waals surface area contributed by atoms with Gasteiger partial charge in [0.05, 0.1) is 71.2 Å². The highest BCUT2D eigenvalue weighted by atomic mass is 28.3. The fourth-order valence-electron chi connectivity index (χ4n) is 6.66. The third-order valence-corrected chi connectivity index (χ3v) is 18.7. The predicted molar refractivity (Wildman–Crippen MR) is 207 cm³/mol. The molecule has 0 aromatic heterocycles. The Morgan fingerprint density at radius 1 is 0.413 bits per heavy atom. The van der Waals surface area contributed by atoms with E-state index in [0.717, 1.165) is 34.5 Å². The molecule has 0 amide bonds. The zero-order valence-corrected chi connectivity index (χ0v) is 34.7. The monoisotopic (exact) mass is 698 g/mol. The second-order valence-corrected chi connectivity index (χ2v) is 21.5. The average molecular weight is 699 g/mol. The van der Waals surface area contributed by atoms with Crippen LogP contribution in [0.4, 0.5) is 0 Å². The van der Waals surface area contributed by atoms with Gasteiger partial charge >= 0.3 is 0 Å². The van der Waals surface area contributed by atoms with E-state index in [1.165, 1.54) is 90.3 Å². The first-order valence-electron chi connectivity index (χ1n) is 17.2. The van der Waals surface area contributed by atoms with Crippen LogP contribution in [0.2, 0.25) is 36.3 Å². The Labute approximate surface area is 286 Å². The Balaban J connectivity index is 1.46. The van der Waals surface area contributed by atoms with Gasteiger partial charge in [-0.1, -0.05) is 111 Å². The van der Waals surface area contributed by atoms with E-state index in [9.17, 15) is 0 Å². The molecule has 254 valence electrons. The second kappa shape index (κ2) is 22.0. The molecule has 3 aromatic carbocycles. The van der Waals surface area contributed by atoms with Crippen molar-refractivity contribution in [3.63, 3.8) is 0 Å². The number of unbranched alkanes of at least 4 members (excludes halogenated alkanes) is 3. The van der Waals surface area contributed by atoms with E-state index in [-0.39, 0.29) is 28.6 Å². The van der Waals surface area contributed by atoms with Crippen LogP contribution in [-0.2, 0) is 0 Å². The van der Waals surface area contributed by atoms with Gasteiger partial charge in [0.15, 0.2) is 34.5 Å². The highest BCUT2D eigenvalue weighted by molar-refractivity contribution is 6.59. The molecule has 0 atom stereocenters. The summed E-state index contributed by atoms with van der Waals surface area (Å²) < 4.78 is 33.6. The number of hydrogen-bond donors (Lipinski definition) is 0. The maximum Gasteiger partial charge on any atom is 0.160 e. The molecule has 3 rings (SSSR count).